The molecule has 1 atom stereocenters. The lowest BCUT2D eigenvalue weighted by Crippen LogP contribution is -2.35. The molecule has 3 rings (SSSR count). The van der Waals surface area contributed by atoms with Gasteiger partial charge < -0.3 is 9.42 Å². The van der Waals surface area contributed by atoms with E-state index < -0.39 is 0 Å². The van der Waals surface area contributed by atoms with Crippen LogP contribution in [-0.4, -0.2) is 27.5 Å². The van der Waals surface area contributed by atoms with Gasteiger partial charge in [-0.2, -0.15) is 10.2 Å². The fourth-order valence-corrected chi connectivity index (χ4v) is 3.56. The molecule has 2 aromatic heterocycles. The first-order valence-corrected chi connectivity index (χ1v) is 8.17. The van der Waals surface area contributed by atoms with E-state index >= 15 is 0 Å². The predicted molar refractivity (Wildman–Crippen MR) is 80.3 cm³/mol. The maximum Gasteiger partial charge on any atom is 0.265 e. The number of likely N-dealkylation sites (tertiary alicyclic amines) is 1. The maximum absolute atomic E-state index is 12.9. The highest BCUT2D eigenvalue weighted by atomic mass is 32.1. The molecule has 1 amide bonds. The van der Waals surface area contributed by atoms with Crippen LogP contribution in [0.3, 0.4) is 0 Å². The van der Waals surface area contributed by atoms with Crippen LogP contribution in [-0.2, 0) is 0 Å². The van der Waals surface area contributed by atoms with Crippen molar-refractivity contribution in [3.8, 4) is 6.07 Å². The summed E-state index contributed by atoms with van der Waals surface area (Å²) < 4.78 is 5.07. The van der Waals surface area contributed by atoms with Crippen molar-refractivity contribution in [2.75, 3.05) is 6.54 Å². The molecule has 0 N–H and O–H groups in total. The van der Waals surface area contributed by atoms with Crippen LogP contribution in [0.2, 0.25) is 0 Å². The van der Waals surface area contributed by atoms with E-state index in [2.05, 4.69) is 16.2 Å². The van der Waals surface area contributed by atoms with Crippen LogP contribution in [0.4, 0.5) is 0 Å². The number of nitrogens with zero attached hydrogens (tertiary/aromatic N) is 4. The van der Waals surface area contributed by atoms with E-state index in [0.29, 0.717) is 28.7 Å². The number of aromatic nitrogens is 2. The van der Waals surface area contributed by atoms with Crippen molar-refractivity contribution in [1.82, 2.24) is 15.0 Å². The zero-order chi connectivity index (χ0) is 15.5. The SMILES string of the molecule is Cc1nc([C@@H]2CCCCCN2C(=O)c2sccc2C#N)no1. The van der Waals surface area contributed by atoms with Crippen molar-refractivity contribution < 1.29 is 9.32 Å². The third-order valence-corrected chi connectivity index (χ3v) is 4.74. The Morgan fingerprint density at radius 1 is 1.50 bits per heavy atom. The zero-order valence-corrected chi connectivity index (χ0v) is 13.1. The average molecular weight is 316 g/mol. The summed E-state index contributed by atoms with van der Waals surface area (Å²) in [5.41, 5.74) is 0.433. The Bertz CT molecular complexity index is 715. The van der Waals surface area contributed by atoms with Gasteiger partial charge in [0.1, 0.15) is 10.9 Å². The Morgan fingerprint density at radius 2 is 2.36 bits per heavy atom. The first kappa shape index (κ1) is 14.7. The lowest BCUT2D eigenvalue weighted by molar-refractivity contribution is 0.0675. The summed E-state index contributed by atoms with van der Waals surface area (Å²) >= 11 is 1.31. The van der Waals surface area contributed by atoms with E-state index in [4.69, 9.17) is 9.78 Å². The number of hydrogen-bond acceptors (Lipinski definition) is 6. The molecule has 0 radical (unpaired) electrons. The number of rotatable bonds is 2. The fourth-order valence-electron chi connectivity index (χ4n) is 2.76. The fraction of sp³-hybridized carbons (Fsp3) is 0.467. The van der Waals surface area contributed by atoms with Gasteiger partial charge in [-0.25, -0.2) is 0 Å². The molecule has 7 heteroatoms. The number of amides is 1. The van der Waals surface area contributed by atoms with Crippen LogP contribution < -0.4 is 0 Å². The average Bonchev–Trinajstić information content (AvgIpc) is 3.09. The molecule has 0 spiro atoms. The van der Waals surface area contributed by atoms with Crippen LogP contribution in [0.1, 0.15) is 58.7 Å². The molecular weight excluding hydrogens is 300 g/mol. The van der Waals surface area contributed by atoms with Gasteiger partial charge in [0.25, 0.3) is 5.91 Å². The molecule has 3 heterocycles. The molecule has 114 valence electrons. The molecule has 1 saturated heterocycles. The van der Waals surface area contributed by atoms with Gasteiger partial charge in [-0.1, -0.05) is 18.0 Å². The van der Waals surface area contributed by atoms with Crippen molar-refractivity contribution in [1.29, 1.82) is 5.26 Å². The van der Waals surface area contributed by atoms with Crippen LogP contribution in [0.25, 0.3) is 0 Å². The number of aryl methyl sites for hydroxylation is 1. The molecule has 2 aromatic rings. The van der Waals surface area contributed by atoms with E-state index in [9.17, 15) is 4.79 Å². The number of carbonyl (C=O) groups is 1. The number of hydrogen-bond donors (Lipinski definition) is 0. The molecule has 6 nitrogen and oxygen atoms in total. The van der Waals surface area contributed by atoms with Crippen LogP contribution in [0.5, 0.6) is 0 Å². The van der Waals surface area contributed by atoms with Gasteiger partial charge in [0.15, 0.2) is 5.82 Å². The van der Waals surface area contributed by atoms with Crippen molar-refractivity contribution in [3.05, 3.63) is 33.6 Å². The molecule has 0 aliphatic carbocycles. The lowest BCUT2D eigenvalue weighted by atomic mass is 10.1. The van der Waals surface area contributed by atoms with Crippen molar-refractivity contribution in [2.24, 2.45) is 0 Å². The Balaban J connectivity index is 1.94. The third-order valence-electron chi connectivity index (χ3n) is 3.83. The molecule has 1 fully saturated rings. The summed E-state index contributed by atoms with van der Waals surface area (Å²) in [4.78, 5) is 19.5. The summed E-state index contributed by atoms with van der Waals surface area (Å²) in [6, 6.07) is 3.59. The summed E-state index contributed by atoms with van der Waals surface area (Å²) in [5, 5.41) is 14.9. The maximum atomic E-state index is 12.9. The van der Waals surface area contributed by atoms with Gasteiger partial charge in [-0.05, 0) is 24.3 Å². The minimum Gasteiger partial charge on any atom is -0.340 e. The second-order valence-electron chi connectivity index (χ2n) is 5.31. The summed E-state index contributed by atoms with van der Waals surface area (Å²) in [6.07, 6.45) is 3.87. The number of nitriles is 1. The molecule has 1 aliphatic rings. The Morgan fingerprint density at radius 3 is 3.09 bits per heavy atom. The highest BCUT2D eigenvalue weighted by Gasteiger charge is 2.32. The Kier molecular flexibility index (Phi) is 4.20. The second-order valence-corrected chi connectivity index (χ2v) is 6.23. The van der Waals surface area contributed by atoms with E-state index in [1.165, 1.54) is 11.3 Å². The van der Waals surface area contributed by atoms with Gasteiger partial charge in [-0.15, -0.1) is 11.3 Å². The highest BCUT2D eigenvalue weighted by molar-refractivity contribution is 7.12. The quantitative estimate of drug-likeness (QED) is 0.850. The smallest absolute Gasteiger partial charge is 0.265 e. The van der Waals surface area contributed by atoms with Gasteiger partial charge in [0.2, 0.25) is 5.89 Å². The molecule has 0 unspecified atom stereocenters. The van der Waals surface area contributed by atoms with Gasteiger partial charge in [0.05, 0.1) is 11.6 Å². The number of thiophene rings is 1. The third kappa shape index (κ3) is 2.74. The van der Waals surface area contributed by atoms with Crippen molar-refractivity contribution >= 4 is 17.2 Å². The first-order chi connectivity index (χ1) is 10.7. The largest absolute Gasteiger partial charge is 0.340 e. The monoisotopic (exact) mass is 316 g/mol. The molecule has 22 heavy (non-hydrogen) atoms. The van der Waals surface area contributed by atoms with Crippen molar-refractivity contribution in [2.45, 2.75) is 38.6 Å². The predicted octanol–water partition coefficient (Wildman–Crippen LogP) is 3.07. The Hall–Kier alpha value is -2.20. The first-order valence-electron chi connectivity index (χ1n) is 7.29. The minimum atomic E-state index is -0.180. The topological polar surface area (TPSA) is 83.0 Å². The summed E-state index contributed by atoms with van der Waals surface area (Å²) in [7, 11) is 0. The van der Waals surface area contributed by atoms with Crippen LogP contribution >= 0.6 is 11.3 Å². The lowest BCUT2D eigenvalue weighted by Gasteiger charge is -2.27. The summed E-state index contributed by atoms with van der Waals surface area (Å²) in [6.45, 7) is 2.40. The van der Waals surface area contributed by atoms with Gasteiger partial charge >= 0.3 is 0 Å². The normalized spacial score (nSPS) is 18.7. The van der Waals surface area contributed by atoms with Crippen LogP contribution in [0, 0.1) is 18.3 Å². The Labute approximate surface area is 132 Å². The van der Waals surface area contributed by atoms with Crippen molar-refractivity contribution in [3.63, 3.8) is 0 Å². The number of carbonyl (C=O) groups excluding carboxylic acids is 1. The second kappa shape index (κ2) is 6.28. The van der Waals surface area contributed by atoms with Gasteiger partial charge in [0, 0.05) is 13.5 Å². The molecule has 1 aliphatic heterocycles. The van der Waals surface area contributed by atoms with E-state index in [-0.39, 0.29) is 11.9 Å². The van der Waals surface area contributed by atoms with Crippen LogP contribution in [0.15, 0.2) is 16.0 Å². The minimum absolute atomic E-state index is 0.110. The van der Waals surface area contributed by atoms with Gasteiger partial charge in [-0.3, -0.25) is 4.79 Å². The molecule has 0 saturated carbocycles. The summed E-state index contributed by atoms with van der Waals surface area (Å²) in [5.74, 6) is 0.948. The van der Waals surface area contributed by atoms with E-state index in [1.807, 2.05) is 0 Å². The molecule has 0 bridgehead atoms. The van der Waals surface area contributed by atoms with E-state index in [1.54, 1.807) is 23.3 Å². The standard InChI is InChI=1S/C15H16N4O2S/c1-10-17-14(18-21-10)12-5-3-2-4-7-19(12)15(20)13-11(9-16)6-8-22-13/h6,8,12H,2-5,7H2,1H3/t12-/m0/s1. The molecule has 0 aromatic carbocycles. The zero-order valence-electron chi connectivity index (χ0n) is 12.3. The van der Waals surface area contributed by atoms with E-state index in [0.717, 1.165) is 25.7 Å². The molecular formula is C15H16N4O2S. The highest BCUT2D eigenvalue weighted by Crippen LogP contribution is 2.31.